The normalized spacial score (nSPS) is 16.4. The van der Waals surface area contributed by atoms with E-state index in [0.717, 1.165) is 27.7 Å². The largest absolute Gasteiger partial charge is 0.333 e. The highest BCUT2D eigenvalue weighted by Crippen LogP contribution is 2.25. The third kappa shape index (κ3) is 3.56. The molecule has 1 fully saturated rings. The van der Waals surface area contributed by atoms with Crippen molar-refractivity contribution < 1.29 is 9.59 Å². The van der Waals surface area contributed by atoms with Crippen LogP contribution >= 0.6 is 0 Å². The van der Waals surface area contributed by atoms with E-state index in [1.54, 1.807) is 4.90 Å². The summed E-state index contributed by atoms with van der Waals surface area (Å²) >= 11 is 0. The number of hydrogen-bond acceptors (Lipinski definition) is 2. The van der Waals surface area contributed by atoms with Gasteiger partial charge in [-0.1, -0.05) is 42.5 Å². The van der Waals surface area contributed by atoms with E-state index in [4.69, 9.17) is 0 Å². The lowest BCUT2D eigenvalue weighted by molar-refractivity contribution is -0.117. The molecule has 5 heteroatoms. The molecule has 3 aromatic carbocycles. The van der Waals surface area contributed by atoms with Gasteiger partial charge < -0.3 is 15.5 Å². The highest BCUT2D eigenvalue weighted by molar-refractivity contribution is 6.02. The lowest BCUT2D eigenvalue weighted by Gasteiger charge is -2.18. The fourth-order valence-electron chi connectivity index (χ4n) is 3.63. The number of rotatable bonds is 3. The predicted octanol–water partition coefficient (Wildman–Crippen LogP) is 4.38. The van der Waals surface area contributed by atoms with Gasteiger partial charge in [-0.25, -0.2) is 4.79 Å². The number of carbonyl (C=O) groups is 2. The number of aryl methyl sites for hydroxylation is 2. The summed E-state index contributed by atoms with van der Waals surface area (Å²) in [6.45, 7) is 4.56. The van der Waals surface area contributed by atoms with Crippen molar-refractivity contribution in [3.8, 4) is 0 Å². The molecule has 28 heavy (non-hydrogen) atoms. The molecule has 0 aromatic heterocycles. The van der Waals surface area contributed by atoms with Crippen LogP contribution in [-0.2, 0) is 4.79 Å². The van der Waals surface area contributed by atoms with Crippen molar-refractivity contribution >= 4 is 34.1 Å². The summed E-state index contributed by atoms with van der Waals surface area (Å²) in [6.07, 6.45) is 0.301. The summed E-state index contributed by atoms with van der Waals surface area (Å²) in [6, 6.07) is 19.2. The molecule has 3 aromatic rings. The standard InChI is InChI=1S/C23H23N3O2/c1-15-10-11-19(12-16(15)2)26-14-18(13-22(26)27)24-23(28)25-21-9-5-7-17-6-3-4-8-20(17)21/h3-12,18H,13-14H2,1-2H3,(H2,24,25,28)/t18-/m1/s1. The molecule has 0 saturated carbocycles. The highest BCUT2D eigenvalue weighted by atomic mass is 16.2. The summed E-state index contributed by atoms with van der Waals surface area (Å²) in [5.74, 6) is 0.0266. The molecule has 1 saturated heterocycles. The lowest BCUT2D eigenvalue weighted by atomic mass is 10.1. The van der Waals surface area contributed by atoms with Crippen LogP contribution in [0.15, 0.2) is 60.7 Å². The molecular weight excluding hydrogens is 350 g/mol. The Labute approximate surface area is 164 Å². The molecule has 1 aliphatic rings. The average molecular weight is 373 g/mol. The molecule has 3 amide bonds. The van der Waals surface area contributed by atoms with E-state index < -0.39 is 0 Å². The van der Waals surface area contributed by atoms with Crippen LogP contribution in [0.1, 0.15) is 17.5 Å². The Morgan fingerprint density at radius 2 is 1.79 bits per heavy atom. The molecule has 142 valence electrons. The van der Waals surface area contributed by atoms with Crippen LogP contribution in [0, 0.1) is 13.8 Å². The topological polar surface area (TPSA) is 61.4 Å². The van der Waals surface area contributed by atoms with Crippen molar-refractivity contribution in [1.29, 1.82) is 0 Å². The van der Waals surface area contributed by atoms with E-state index >= 15 is 0 Å². The molecule has 2 N–H and O–H groups in total. The molecule has 1 atom stereocenters. The minimum Gasteiger partial charge on any atom is -0.333 e. The summed E-state index contributed by atoms with van der Waals surface area (Å²) in [5.41, 5.74) is 3.98. The lowest BCUT2D eigenvalue weighted by Crippen LogP contribution is -2.39. The summed E-state index contributed by atoms with van der Waals surface area (Å²) in [5, 5.41) is 7.91. The smallest absolute Gasteiger partial charge is 0.319 e. The maximum atomic E-state index is 12.5. The second-order valence-corrected chi connectivity index (χ2v) is 7.30. The van der Waals surface area contributed by atoms with E-state index in [1.807, 2.05) is 74.5 Å². The Morgan fingerprint density at radius 3 is 2.61 bits per heavy atom. The second kappa shape index (κ2) is 7.35. The Hall–Kier alpha value is -3.34. The van der Waals surface area contributed by atoms with Gasteiger partial charge in [0.1, 0.15) is 0 Å². The van der Waals surface area contributed by atoms with Gasteiger partial charge in [0.15, 0.2) is 0 Å². The second-order valence-electron chi connectivity index (χ2n) is 7.30. The Balaban J connectivity index is 1.44. The van der Waals surface area contributed by atoms with Crippen molar-refractivity contribution in [3.05, 3.63) is 71.8 Å². The zero-order chi connectivity index (χ0) is 19.7. The van der Waals surface area contributed by atoms with Crippen LogP contribution in [0.2, 0.25) is 0 Å². The first-order valence-electron chi connectivity index (χ1n) is 9.44. The Bertz CT molecular complexity index is 1060. The SMILES string of the molecule is Cc1ccc(N2C[C@H](NC(=O)Nc3cccc4ccccc34)CC2=O)cc1C. The number of fused-ring (bicyclic) bond motifs is 1. The first kappa shape index (κ1) is 18.0. The molecule has 4 rings (SSSR count). The number of benzene rings is 3. The van der Waals surface area contributed by atoms with Crippen molar-refractivity contribution in [2.24, 2.45) is 0 Å². The maximum absolute atomic E-state index is 12.5. The van der Waals surface area contributed by atoms with Crippen molar-refractivity contribution in [1.82, 2.24) is 5.32 Å². The van der Waals surface area contributed by atoms with Crippen LogP contribution in [0.5, 0.6) is 0 Å². The van der Waals surface area contributed by atoms with Gasteiger partial charge in [0.25, 0.3) is 0 Å². The van der Waals surface area contributed by atoms with Gasteiger partial charge in [0, 0.05) is 24.0 Å². The average Bonchev–Trinajstić information content (AvgIpc) is 3.04. The fraction of sp³-hybridized carbons (Fsp3) is 0.217. The fourth-order valence-corrected chi connectivity index (χ4v) is 3.63. The van der Waals surface area contributed by atoms with Gasteiger partial charge in [0.05, 0.1) is 11.7 Å². The third-order valence-corrected chi connectivity index (χ3v) is 5.30. The minimum atomic E-state index is -0.295. The van der Waals surface area contributed by atoms with Crippen LogP contribution in [0.4, 0.5) is 16.2 Å². The van der Waals surface area contributed by atoms with Crippen LogP contribution < -0.4 is 15.5 Å². The van der Waals surface area contributed by atoms with Gasteiger partial charge in [0.2, 0.25) is 5.91 Å². The number of amides is 3. The van der Waals surface area contributed by atoms with Gasteiger partial charge in [-0.2, -0.15) is 0 Å². The first-order chi connectivity index (χ1) is 13.5. The molecule has 5 nitrogen and oxygen atoms in total. The first-order valence-corrected chi connectivity index (χ1v) is 9.44. The number of hydrogen-bond donors (Lipinski definition) is 2. The van der Waals surface area contributed by atoms with E-state index in [2.05, 4.69) is 10.6 Å². The van der Waals surface area contributed by atoms with E-state index in [0.29, 0.717) is 13.0 Å². The number of urea groups is 1. The van der Waals surface area contributed by atoms with E-state index in [-0.39, 0.29) is 18.0 Å². The predicted molar refractivity (Wildman–Crippen MR) is 113 cm³/mol. The highest BCUT2D eigenvalue weighted by Gasteiger charge is 2.31. The number of anilines is 2. The zero-order valence-electron chi connectivity index (χ0n) is 16.0. The number of nitrogens with one attached hydrogen (secondary N) is 2. The summed E-state index contributed by atoms with van der Waals surface area (Å²) < 4.78 is 0. The molecular formula is C23H23N3O2. The quantitative estimate of drug-likeness (QED) is 0.715. The maximum Gasteiger partial charge on any atom is 0.319 e. The van der Waals surface area contributed by atoms with Gasteiger partial charge in [-0.15, -0.1) is 0 Å². The van der Waals surface area contributed by atoms with E-state index in [9.17, 15) is 9.59 Å². The van der Waals surface area contributed by atoms with E-state index in [1.165, 1.54) is 5.56 Å². The number of nitrogens with zero attached hydrogens (tertiary/aromatic N) is 1. The van der Waals surface area contributed by atoms with Crippen molar-refractivity contribution in [2.75, 3.05) is 16.8 Å². The monoisotopic (exact) mass is 373 g/mol. The molecule has 0 aliphatic carbocycles. The van der Waals surface area contributed by atoms with Crippen LogP contribution in [-0.4, -0.2) is 24.5 Å². The summed E-state index contributed by atoms with van der Waals surface area (Å²) in [4.78, 5) is 26.7. The molecule has 1 heterocycles. The molecule has 0 bridgehead atoms. The van der Waals surface area contributed by atoms with Crippen molar-refractivity contribution in [3.63, 3.8) is 0 Å². The number of carbonyl (C=O) groups excluding carboxylic acids is 2. The van der Waals surface area contributed by atoms with Crippen molar-refractivity contribution in [2.45, 2.75) is 26.3 Å². The van der Waals surface area contributed by atoms with Crippen LogP contribution in [0.3, 0.4) is 0 Å². The van der Waals surface area contributed by atoms with Gasteiger partial charge in [-0.05, 0) is 48.6 Å². The summed E-state index contributed by atoms with van der Waals surface area (Å²) in [7, 11) is 0. The van der Waals surface area contributed by atoms with Gasteiger partial charge >= 0.3 is 6.03 Å². The zero-order valence-corrected chi connectivity index (χ0v) is 16.0. The molecule has 1 aliphatic heterocycles. The Kier molecular flexibility index (Phi) is 4.74. The van der Waals surface area contributed by atoms with Crippen LogP contribution in [0.25, 0.3) is 10.8 Å². The minimum absolute atomic E-state index is 0.0266. The third-order valence-electron chi connectivity index (χ3n) is 5.30. The molecule has 0 radical (unpaired) electrons. The molecule has 0 unspecified atom stereocenters. The van der Waals surface area contributed by atoms with Gasteiger partial charge in [-0.3, -0.25) is 4.79 Å². The molecule has 0 spiro atoms. The Morgan fingerprint density at radius 1 is 1.00 bits per heavy atom.